The van der Waals surface area contributed by atoms with Crippen LogP contribution in [0.3, 0.4) is 0 Å². The highest BCUT2D eigenvalue weighted by molar-refractivity contribution is 6.39. The number of anilines is 3. The zero-order valence-electron chi connectivity index (χ0n) is 18.8. The molecule has 5 N–H and O–H groups in total. The van der Waals surface area contributed by atoms with Crippen LogP contribution in [0, 0.1) is 0 Å². The van der Waals surface area contributed by atoms with E-state index in [4.69, 9.17) is 33.7 Å². The van der Waals surface area contributed by atoms with Crippen molar-refractivity contribution >= 4 is 57.7 Å². The number of hydrogen-bond acceptors (Lipinski definition) is 7. The van der Waals surface area contributed by atoms with Crippen LogP contribution >= 0.6 is 23.2 Å². The molecule has 2 amide bonds. The fraction of sp³-hybridized carbons (Fsp3) is 0.167. The summed E-state index contributed by atoms with van der Waals surface area (Å²) in [5.74, 6) is 1.33. The molecule has 0 radical (unpaired) electrons. The van der Waals surface area contributed by atoms with E-state index in [0.29, 0.717) is 63.6 Å². The highest BCUT2D eigenvalue weighted by Crippen LogP contribution is 2.39. The van der Waals surface area contributed by atoms with E-state index in [0.717, 1.165) is 5.69 Å². The van der Waals surface area contributed by atoms with Crippen molar-refractivity contribution < 1.29 is 9.53 Å². The normalized spacial score (nSPS) is 10.7. The topological polar surface area (TPSA) is 127 Å². The zero-order valence-corrected chi connectivity index (χ0v) is 20.3. The van der Waals surface area contributed by atoms with Gasteiger partial charge < -0.3 is 21.1 Å². The first-order valence-electron chi connectivity index (χ1n) is 10.9. The third-order valence-corrected chi connectivity index (χ3v) is 5.50. The maximum atomic E-state index is 12.3. The number of hydrogen-bond donors (Lipinski definition) is 4. The lowest BCUT2D eigenvalue weighted by Gasteiger charge is -2.15. The molecule has 0 saturated heterocycles. The number of carbonyl (C=O) groups is 1. The SMILES string of the molecule is CCNC(=O)Nc1nc2nc(Nc3ccc(OCCN)cc3)ncc2cc1-c1c(Cl)cccc1Cl. The number of nitrogens with one attached hydrogen (secondary N) is 3. The molecule has 0 atom stereocenters. The molecule has 2 aromatic heterocycles. The summed E-state index contributed by atoms with van der Waals surface area (Å²) in [5.41, 5.74) is 7.72. The number of urea groups is 1. The van der Waals surface area contributed by atoms with Crippen molar-refractivity contribution in [2.75, 3.05) is 30.3 Å². The number of nitrogens with zero attached hydrogens (tertiary/aromatic N) is 3. The predicted octanol–water partition coefficient (Wildman–Crippen LogP) is 5.22. The van der Waals surface area contributed by atoms with Crippen molar-refractivity contribution in [2.24, 2.45) is 5.73 Å². The summed E-state index contributed by atoms with van der Waals surface area (Å²) in [4.78, 5) is 25.8. The molecule has 0 fully saturated rings. The first-order valence-corrected chi connectivity index (χ1v) is 11.6. The summed E-state index contributed by atoms with van der Waals surface area (Å²) in [5, 5.41) is 10.1. The first kappa shape index (κ1) is 24.5. The molecule has 0 aliphatic carbocycles. The molecule has 4 aromatic rings. The Balaban J connectivity index is 1.70. The third-order valence-electron chi connectivity index (χ3n) is 4.87. The molecule has 0 saturated carbocycles. The highest BCUT2D eigenvalue weighted by atomic mass is 35.5. The summed E-state index contributed by atoms with van der Waals surface area (Å²) < 4.78 is 5.49. The third kappa shape index (κ3) is 5.89. The fourth-order valence-corrected chi connectivity index (χ4v) is 3.92. The summed E-state index contributed by atoms with van der Waals surface area (Å²) in [6.45, 7) is 3.16. The standard InChI is InChI=1S/C24H23Cl2N7O2/c1-2-28-24(34)33-22-17(20-18(25)4-3-5-19(20)26)12-14-13-29-23(32-21(14)31-22)30-15-6-8-16(9-7-15)35-11-10-27/h3-9,12-13H,2,10-11,27H2,1H3,(H3,28,29,30,31,32,33,34). The van der Waals surface area contributed by atoms with Gasteiger partial charge in [0.25, 0.3) is 0 Å². The highest BCUT2D eigenvalue weighted by Gasteiger charge is 2.18. The van der Waals surface area contributed by atoms with Gasteiger partial charge in [-0.2, -0.15) is 4.98 Å². The van der Waals surface area contributed by atoms with Gasteiger partial charge in [-0.05, 0) is 49.4 Å². The van der Waals surface area contributed by atoms with Crippen molar-refractivity contribution in [1.82, 2.24) is 20.3 Å². The van der Waals surface area contributed by atoms with Gasteiger partial charge in [0.2, 0.25) is 5.95 Å². The van der Waals surface area contributed by atoms with E-state index in [1.165, 1.54) is 0 Å². The van der Waals surface area contributed by atoms with Crippen LogP contribution in [-0.2, 0) is 0 Å². The van der Waals surface area contributed by atoms with Crippen LogP contribution in [0.2, 0.25) is 10.0 Å². The van der Waals surface area contributed by atoms with Crippen LogP contribution in [-0.4, -0.2) is 40.7 Å². The van der Waals surface area contributed by atoms with Gasteiger partial charge in [-0.25, -0.2) is 14.8 Å². The monoisotopic (exact) mass is 511 g/mol. The molecule has 9 nitrogen and oxygen atoms in total. The number of rotatable bonds is 8. The number of aromatic nitrogens is 3. The van der Waals surface area contributed by atoms with E-state index in [-0.39, 0.29) is 5.82 Å². The minimum Gasteiger partial charge on any atom is -0.492 e. The second kappa shape index (κ2) is 11.2. The average Bonchev–Trinajstić information content (AvgIpc) is 2.84. The largest absolute Gasteiger partial charge is 0.492 e. The summed E-state index contributed by atoms with van der Waals surface area (Å²) in [6, 6.07) is 13.9. The second-order valence-corrected chi connectivity index (χ2v) is 8.17. The van der Waals surface area contributed by atoms with Gasteiger partial charge in [-0.15, -0.1) is 0 Å². The maximum absolute atomic E-state index is 12.3. The van der Waals surface area contributed by atoms with Gasteiger partial charge >= 0.3 is 6.03 Å². The Bertz CT molecular complexity index is 1330. The second-order valence-electron chi connectivity index (χ2n) is 7.36. The molecule has 2 aromatic carbocycles. The van der Waals surface area contributed by atoms with Crippen LogP contribution in [0.15, 0.2) is 54.7 Å². The van der Waals surface area contributed by atoms with Crippen LogP contribution in [0.25, 0.3) is 22.2 Å². The minimum absolute atomic E-state index is 0.268. The lowest BCUT2D eigenvalue weighted by atomic mass is 10.0. The number of pyridine rings is 1. The lowest BCUT2D eigenvalue weighted by Crippen LogP contribution is -2.28. The average molecular weight is 512 g/mol. The summed E-state index contributed by atoms with van der Waals surface area (Å²) in [7, 11) is 0. The Morgan fingerprint density at radius 2 is 1.83 bits per heavy atom. The smallest absolute Gasteiger partial charge is 0.320 e. The Hall–Kier alpha value is -3.66. The van der Waals surface area contributed by atoms with E-state index in [9.17, 15) is 4.79 Å². The number of amides is 2. The molecule has 2 heterocycles. The Morgan fingerprint density at radius 3 is 2.51 bits per heavy atom. The number of nitrogens with two attached hydrogens (primary N) is 1. The molecule has 0 aliphatic heterocycles. The number of fused-ring (bicyclic) bond motifs is 1. The van der Waals surface area contributed by atoms with Gasteiger partial charge in [0.1, 0.15) is 18.2 Å². The molecule has 0 bridgehead atoms. The van der Waals surface area contributed by atoms with E-state index in [2.05, 4.69) is 30.9 Å². The molecular formula is C24H23Cl2N7O2. The van der Waals surface area contributed by atoms with Crippen LogP contribution in [0.5, 0.6) is 5.75 Å². The summed E-state index contributed by atoms with van der Waals surface area (Å²) >= 11 is 12.9. The van der Waals surface area contributed by atoms with E-state index >= 15 is 0 Å². The van der Waals surface area contributed by atoms with Gasteiger partial charge in [-0.1, -0.05) is 29.3 Å². The van der Waals surface area contributed by atoms with E-state index < -0.39 is 6.03 Å². The van der Waals surface area contributed by atoms with Crippen molar-refractivity contribution in [3.05, 3.63) is 64.8 Å². The van der Waals surface area contributed by atoms with Crippen molar-refractivity contribution in [3.8, 4) is 16.9 Å². The quantitative estimate of drug-likeness (QED) is 0.255. The molecule has 0 unspecified atom stereocenters. The van der Waals surface area contributed by atoms with Crippen LogP contribution in [0.4, 0.5) is 22.2 Å². The molecule has 35 heavy (non-hydrogen) atoms. The fourth-order valence-electron chi connectivity index (χ4n) is 3.32. The molecule has 0 spiro atoms. The molecule has 180 valence electrons. The number of ether oxygens (including phenoxy) is 1. The zero-order chi connectivity index (χ0) is 24.8. The van der Waals surface area contributed by atoms with Crippen molar-refractivity contribution in [1.29, 1.82) is 0 Å². The maximum Gasteiger partial charge on any atom is 0.320 e. The van der Waals surface area contributed by atoms with Gasteiger partial charge in [0, 0.05) is 41.5 Å². The summed E-state index contributed by atoms with van der Waals surface area (Å²) in [6.07, 6.45) is 1.64. The molecule has 4 rings (SSSR count). The van der Waals surface area contributed by atoms with Crippen LogP contribution < -0.4 is 26.4 Å². The predicted molar refractivity (Wildman–Crippen MR) is 140 cm³/mol. The van der Waals surface area contributed by atoms with Crippen molar-refractivity contribution in [3.63, 3.8) is 0 Å². The van der Waals surface area contributed by atoms with Crippen LogP contribution in [0.1, 0.15) is 6.92 Å². The number of halogens is 2. The van der Waals surface area contributed by atoms with Gasteiger partial charge in [0.05, 0.1) is 10.0 Å². The van der Waals surface area contributed by atoms with Gasteiger partial charge in [-0.3, -0.25) is 5.32 Å². The number of benzene rings is 2. The molecule has 11 heteroatoms. The van der Waals surface area contributed by atoms with E-state index in [1.54, 1.807) is 30.5 Å². The Kier molecular flexibility index (Phi) is 7.81. The molecular weight excluding hydrogens is 489 g/mol. The Morgan fingerprint density at radius 1 is 1.09 bits per heavy atom. The Labute approximate surface area is 212 Å². The van der Waals surface area contributed by atoms with Gasteiger partial charge in [0.15, 0.2) is 5.65 Å². The van der Waals surface area contributed by atoms with Crippen molar-refractivity contribution in [2.45, 2.75) is 6.92 Å². The van der Waals surface area contributed by atoms with E-state index in [1.807, 2.05) is 31.2 Å². The minimum atomic E-state index is -0.409. The number of carbonyl (C=O) groups excluding carboxylic acids is 1. The lowest BCUT2D eigenvalue weighted by molar-refractivity contribution is 0.252. The first-order chi connectivity index (χ1) is 17.0. The molecule has 0 aliphatic rings.